The van der Waals surface area contributed by atoms with E-state index >= 15 is 0 Å². The largest absolute Gasteiger partial charge is 0.444 e. The van der Waals surface area contributed by atoms with E-state index in [-0.39, 0.29) is 35.1 Å². The zero-order valence-corrected chi connectivity index (χ0v) is 16.9. The van der Waals surface area contributed by atoms with Crippen molar-refractivity contribution in [1.82, 2.24) is 10.6 Å². The average Bonchev–Trinajstić information content (AvgIpc) is 3.41. The molecule has 1 heterocycles. The molecule has 162 valence electrons. The summed E-state index contributed by atoms with van der Waals surface area (Å²) >= 11 is 5.92. The Morgan fingerprint density at radius 3 is 2.60 bits per heavy atom. The van der Waals surface area contributed by atoms with Crippen LogP contribution in [0, 0.1) is 23.0 Å². The highest BCUT2D eigenvalue weighted by molar-refractivity contribution is 6.30. The summed E-state index contributed by atoms with van der Waals surface area (Å²) in [6, 6.07) is 0.945. The second-order valence-corrected chi connectivity index (χ2v) is 9.66. The normalized spacial score (nSPS) is 37.6. The first kappa shape index (κ1) is 20.0. The summed E-state index contributed by atoms with van der Waals surface area (Å²) < 4.78 is 49.8. The number of hydrogen-bond donors (Lipinski definition) is 2. The van der Waals surface area contributed by atoms with Crippen LogP contribution >= 0.6 is 11.6 Å². The van der Waals surface area contributed by atoms with Gasteiger partial charge in [0.05, 0.1) is 17.1 Å². The average molecular weight is 443 g/mol. The van der Waals surface area contributed by atoms with Crippen LogP contribution in [-0.2, 0) is 9.53 Å². The highest BCUT2D eigenvalue weighted by atomic mass is 35.5. The first-order valence-electron chi connectivity index (χ1n) is 10.3. The van der Waals surface area contributed by atoms with Crippen LogP contribution in [-0.4, -0.2) is 29.8 Å². The van der Waals surface area contributed by atoms with Crippen molar-refractivity contribution in [2.24, 2.45) is 11.3 Å². The second kappa shape index (κ2) is 6.77. The van der Waals surface area contributed by atoms with Crippen molar-refractivity contribution in [2.45, 2.75) is 68.8 Å². The summed E-state index contributed by atoms with van der Waals surface area (Å²) in [6.07, 6.45) is 1.50. The number of rotatable bonds is 4. The molecule has 3 saturated carbocycles. The molecule has 1 aliphatic heterocycles. The molecule has 4 atom stereocenters. The molecule has 5 rings (SSSR count). The molecule has 2 N–H and O–H groups in total. The lowest BCUT2D eigenvalue weighted by atomic mass is 9.74. The molecule has 3 aliphatic carbocycles. The van der Waals surface area contributed by atoms with Gasteiger partial charge in [0, 0.05) is 11.5 Å². The molecule has 0 aromatic heterocycles. The van der Waals surface area contributed by atoms with E-state index in [0.717, 1.165) is 12.1 Å². The second-order valence-electron chi connectivity index (χ2n) is 9.25. The zero-order chi connectivity index (χ0) is 21.3. The molecule has 5 nitrogen and oxygen atoms in total. The molecule has 1 aromatic rings. The number of halogens is 4. The van der Waals surface area contributed by atoms with Gasteiger partial charge >= 0.3 is 6.09 Å². The number of alkyl halides is 1. The van der Waals surface area contributed by atoms with Crippen molar-refractivity contribution in [1.29, 1.82) is 0 Å². The quantitative estimate of drug-likeness (QED) is 0.682. The van der Waals surface area contributed by atoms with Crippen LogP contribution in [0.3, 0.4) is 0 Å². The lowest BCUT2D eigenvalue weighted by Gasteiger charge is -2.37. The van der Waals surface area contributed by atoms with E-state index < -0.39 is 40.8 Å². The summed E-state index contributed by atoms with van der Waals surface area (Å²) in [6.45, 7) is 0. The molecule has 30 heavy (non-hydrogen) atoms. The van der Waals surface area contributed by atoms with Gasteiger partial charge in [-0.1, -0.05) is 11.6 Å². The number of amides is 2. The third-order valence-corrected chi connectivity index (χ3v) is 7.81. The summed E-state index contributed by atoms with van der Waals surface area (Å²) in [5.41, 5.74) is -2.41. The van der Waals surface area contributed by atoms with Crippen molar-refractivity contribution in [3.63, 3.8) is 0 Å². The smallest absolute Gasteiger partial charge is 0.407 e. The van der Waals surface area contributed by atoms with E-state index in [0.29, 0.717) is 38.5 Å². The SMILES string of the molecule is O=C1NC2CC(C(=O)N[C@H](c3c(F)ccc(Cl)c3F)C34CCC(F)(CC3)C4)CC2O1. The molecule has 2 bridgehead atoms. The van der Waals surface area contributed by atoms with Gasteiger partial charge in [0.25, 0.3) is 0 Å². The fourth-order valence-electron chi connectivity index (χ4n) is 5.99. The predicted molar refractivity (Wildman–Crippen MR) is 102 cm³/mol. The van der Waals surface area contributed by atoms with Crippen LogP contribution < -0.4 is 10.6 Å². The maximum absolute atomic E-state index is 15.0. The Bertz CT molecular complexity index is 903. The van der Waals surface area contributed by atoms with Crippen LogP contribution in [0.1, 0.15) is 56.6 Å². The Labute approximate surface area is 176 Å². The van der Waals surface area contributed by atoms with Crippen molar-refractivity contribution in [2.75, 3.05) is 0 Å². The summed E-state index contributed by atoms with van der Waals surface area (Å²) in [5.74, 6) is -2.57. The zero-order valence-electron chi connectivity index (χ0n) is 16.2. The fraction of sp³-hybridized carbons (Fsp3) is 0.619. The number of carbonyl (C=O) groups is 2. The molecule has 1 saturated heterocycles. The Hall–Kier alpha value is -1.96. The molecule has 2 amide bonds. The van der Waals surface area contributed by atoms with Gasteiger partial charge in [-0.2, -0.15) is 0 Å². The summed E-state index contributed by atoms with van der Waals surface area (Å²) in [4.78, 5) is 24.4. The van der Waals surface area contributed by atoms with E-state index in [1.165, 1.54) is 0 Å². The maximum atomic E-state index is 15.0. The standard InChI is InChI=1S/C21H22ClF3N2O3/c22-11-1-2-12(23)15(16(11)24)17(20-3-5-21(25,9-20)6-4-20)27-18(28)10-7-13-14(8-10)30-19(29)26-13/h1-2,10,13-14,17H,3-9H2,(H,26,29)(H,27,28)/t10?,13?,14?,17-,20?,21?/m1/s1. The van der Waals surface area contributed by atoms with E-state index in [2.05, 4.69) is 10.6 Å². The van der Waals surface area contributed by atoms with Gasteiger partial charge in [0.2, 0.25) is 5.91 Å². The summed E-state index contributed by atoms with van der Waals surface area (Å²) in [5, 5.41) is 5.28. The van der Waals surface area contributed by atoms with Gasteiger partial charge < -0.3 is 15.4 Å². The number of fused-ring (bicyclic) bond motifs is 3. The predicted octanol–water partition coefficient (Wildman–Crippen LogP) is 4.33. The number of hydrogen-bond acceptors (Lipinski definition) is 3. The summed E-state index contributed by atoms with van der Waals surface area (Å²) in [7, 11) is 0. The fourth-order valence-corrected chi connectivity index (χ4v) is 6.15. The molecule has 3 unspecified atom stereocenters. The minimum atomic E-state index is -1.35. The van der Waals surface area contributed by atoms with Crippen LogP contribution in [0.15, 0.2) is 12.1 Å². The first-order valence-corrected chi connectivity index (χ1v) is 10.7. The number of nitrogens with one attached hydrogen (secondary N) is 2. The molecule has 0 radical (unpaired) electrons. The number of alkyl carbamates (subject to hydrolysis) is 1. The van der Waals surface area contributed by atoms with E-state index in [1.807, 2.05) is 0 Å². The number of benzene rings is 1. The van der Waals surface area contributed by atoms with Gasteiger partial charge in [-0.05, 0) is 62.5 Å². The van der Waals surface area contributed by atoms with Gasteiger partial charge in [-0.25, -0.2) is 18.0 Å². The Morgan fingerprint density at radius 2 is 1.97 bits per heavy atom. The lowest BCUT2D eigenvalue weighted by Crippen LogP contribution is -2.42. The third-order valence-electron chi connectivity index (χ3n) is 7.51. The van der Waals surface area contributed by atoms with Crippen LogP contribution in [0.5, 0.6) is 0 Å². The molecular weight excluding hydrogens is 421 g/mol. The van der Waals surface area contributed by atoms with Crippen molar-refractivity contribution in [3.05, 3.63) is 34.4 Å². The Morgan fingerprint density at radius 1 is 1.23 bits per heavy atom. The molecular formula is C21H22ClF3N2O3. The minimum absolute atomic E-state index is 0.158. The Kier molecular flexibility index (Phi) is 4.51. The van der Waals surface area contributed by atoms with Crippen LogP contribution in [0.4, 0.5) is 18.0 Å². The highest BCUT2D eigenvalue weighted by Crippen LogP contribution is 2.63. The molecule has 4 aliphatic rings. The van der Waals surface area contributed by atoms with Gasteiger partial charge in [0.15, 0.2) is 0 Å². The van der Waals surface area contributed by atoms with Crippen LogP contribution in [0.25, 0.3) is 0 Å². The van der Waals surface area contributed by atoms with E-state index in [4.69, 9.17) is 16.3 Å². The molecule has 1 aromatic carbocycles. The number of carbonyl (C=O) groups excluding carboxylic acids is 2. The van der Waals surface area contributed by atoms with Crippen molar-refractivity contribution < 1.29 is 27.5 Å². The topological polar surface area (TPSA) is 67.4 Å². The van der Waals surface area contributed by atoms with Gasteiger partial charge in [-0.15, -0.1) is 0 Å². The van der Waals surface area contributed by atoms with E-state index in [1.54, 1.807) is 0 Å². The monoisotopic (exact) mass is 442 g/mol. The molecule has 0 spiro atoms. The van der Waals surface area contributed by atoms with Crippen molar-refractivity contribution >= 4 is 23.6 Å². The molecule has 4 fully saturated rings. The van der Waals surface area contributed by atoms with Crippen molar-refractivity contribution in [3.8, 4) is 0 Å². The number of ether oxygens (including phenoxy) is 1. The van der Waals surface area contributed by atoms with Gasteiger partial charge in [0.1, 0.15) is 23.4 Å². The Balaban J connectivity index is 1.45. The molecule has 9 heteroatoms. The van der Waals surface area contributed by atoms with Gasteiger partial charge in [-0.3, -0.25) is 4.79 Å². The highest BCUT2D eigenvalue weighted by Gasteiger charge is 2.60. The van der Waals surface area contributed by atoms with E-state index in [9.17, 15) is 22.8 Å². The lowest BCUT2D eigenvalue weighted by molar-refractivity contribution is -0.127. The first-order chi connectivity index (χ1) is 14.2. The minimum Gasteiger partial charge on any atom is -0.444 e. The van der Waals surface area contributed by atoms with Crippen LogP contribution in [0.2, 0.25) is 5.02 Å². The maximum Gasteiger partial charge on any atom is 0.407 e. The third kappa shape index (κ3) is 3.06.